The number of aliphatic hydroxyl groups is 1. The van der Waals surface area contributed by atoms with Crippen molar-refractivity contribution in [3.8, 4) is 5.69 Å². The molecule has 2 aromatic carbocycles. The summed E-state index contributed by atoms with van der Waals surface area (Å²) in [7, 11) is 2.03. The standard InChI is InChI=1S/C19H22N4O/c1-15(22(2)12-19(24)17-6-4-3-5-7-17)16-8-10-18(11-9-16)23-14-20-13-21-23/h3-11,13-15,19,24H,12H2,1-2H3/t15-,19+/m0/s1. The Balaban J connectivity index is 1.66. The van der Waals surface area contributed by atoms with E-state index in [1.165, 1.54) is 11.9 Å². The largest absolute Gasteiger partial charge is 0.387 e. The Labute approximate surface area is 142 Å². The number of nitrogens with zero attached hydrogens (tertiary/aromatic N) is 4. The van der Waals surface area contributed by atoms with Crippen LogP contribution in [-0.4, -0.2) is 38.4 Å². The Hall–Kier alpha value is -2.50. The summed E-state index contributed by atoms with van der Waals surface area (Å²) < 4.78 is 1.73. The normalized spacial score (nSPS) is 13.8. The molecule has 0 radical (unpaired) electrons. The van der Waals surface area contributed by atoms with Gasteiger partial charge in [-0.3, -0.25) is 4.90 Å². The maximum Gasteiger partial charge on any atom is 0.138 e. The van der Waals surface area contributed by atoms with Crippen LogP contribution < -0.4 is 0 Å². The van der Waals surface area contributed by atoms with Crippen molar-refractivity contribution < 1.29 is 5.11 Å². The molecule has 0 saturated heterocycles. The first-order valence-corrected chi connectivity index (χ1v) is 8.03. The number of aromatic nitrogens is 3. The maximum atomic E-state index is 10.4. The third-order valence-corrected chi connectivity index (χ3v) is 4.37. The van der Waals surface area contributed by atoms with E-state index in [-0.39, 0.29) is 6.04 Å². The molecule has 0 aliphatic carbocycles. The molecule has 0 spiro atoms. The number of aliphatic hydroxyl groups excluding tert-OH is 1. The van der Waals surface area contributed by atoms with Crippen molar-refractivity contribution >= 4 is 0 Å². The van der Waals surface area contributed by atoms with Crippen LogP contribution in [-0.2, 0) is 0 Å². The lowest BCUT2D eigenvalue weighted by atomic mass is 10.0. The third-order valence-electron chi connectivity index (χ3n) is 4.37. The highest BCUT2D eigenvalue weighted by molar-refractivity contribution is 5.34. The molecular formula is C19H22N4O. The van der Waals surface area contributed by atoms with Crippen LogP contribution in [0, 0.1) is 0 Å². The fraction of sp³-hybridized carbons (Fsp3) is 0.263. The molecule has 0 fully saturated rings. The highest BCUT2D eigenvalue weighted by atomic mass is 16.3. The molecule has 0 aliphatic heterocycles. The van der Waals surface area contributed by atoms with Gasteiger partial charge in [-0.25, -0.2) is 9.67 Å². The minimum absolute atomic E-state index is 0.202. The van der Waals surface area contributed by atoms with Crippen LogP contribution >= 0.6 is 0 Å². The Kier molecular flexibility index (Phi) is 5.03. The van der Waals surface area contributed by atoms with Gasteiger partial charge in [-0.1, -0.05) is 42.5 Å². The molecular weight excluding hydrogens is 300 g/mol. The average molecular weight is 322 g/mol. The molecule has 0 bridgehead atoms. The van der Waals surface area contributed by atoms with Crippen molar-refractivity contribution in [3.63, 3.8) is 0 Å². The summed E-state index contributed by atoms with van der Waals surface area (Å²) in [5.41, 5.74) is 3.12. The quantitative estimate of drug-likeness (QED) is 0.758. The van der Waals surface area contributed by atoms with Crippen LogP contribution in [0.2, 0.25) is 0 Å². The summed E-state index contributed by atoms with van der Waals surface area (Å²) in [6.45, 7) is 2.72. The molecule has 3 rings (SSSR count). The lowest BCUT2D eigenvalue weighted by Gasteiger charge is -2.27. The fourth-order valence-corrected chi connectivity index (χ4v) is 2.71. The van der Waals surface area contributed by atoms with Gasteiger partial charge in [0.1, 0.15) is 12.7 Å². The lowest BCUT2D eigenvalue weighted by molar-refractivity contribution is 0.108. The minimum atomic E-state index is -0.493. The van der Waals surface area contributed by atoms with Crippen LogP contribution in [0.1, 0.15) is 30.2 Å². The van der Waals surface area contributed by atoms with Crippen molar-refractivity contribution in [2.24, 2.45) is 0 Å². The first kappa shape index (κ1) is 16.4. The highest BCUT2D eigenvalue weighted by Crippen LogP contribution is 2.23. The molecule has 1 N–H and O–H groups in total. The molecule has 24 heavy (non-hydrogen) atoms. The van der Waals surface area contributed by atoms with Gasteiger partial charge in [-0.05, 0) is 37.2 Å². The molecule has 3 aromatic rings. The minimum Gasteiger partial charge on any atom is -0.387 e. The van der Waals surface area contributed by atoms with E-state index in [9.17, 15) is 5.11 Å². The van der Waals surface area contributed by atoms with Crippen molar-refractivity contribution in [1.82, 2.24) is 19.7 Å². The summed E-state index contributed by atoms with van der Waals surface area (Å²) in [6, 6.07) is 18.2. The van der Waals surface area contributed by atoms with E-state index in [2.05, 4.69) is 34.0 Å². The highest BCUT2D eigenvalue weighted by Gasteiger charge is 2.16. The van der Waals surface area contributed by atoms with E-state index in [0.717, 1.165) is 11.3 Å². The molecule has 0 amide bonds. The Morgan fingerprint density at radius 3 is 2.38 bits per heavy atom. The Bertz CT molecular complexity index is 741. The van der Waals surface area contributed by atoms with Gasteiger partial charge >= 0.3 is 0 Å². The Morgan fingerprint density at radius 1 is 1.04 bits per heavy atom. The van der Waals surface area contributed by atoms with Gasteiger partial charge in [-0.15, -0.1) is 0 Å². The molecule has 124 valence electrons. The topological polar surface area (TPSA) is 54.2 Å². The molecule has 5 nitrogen and oxygen atoms in total. The first-order chi connectivity index (χ1) is 11.6. The van der Waals surface area contributed by atoms with Crippen LogP contribution in [0.3, 0.4) is 0 Å². The van der Waals surface area contributed by atoms with E-state index in [4.69, 9.17) is 0 Å². The number of likely N-dealkylation sites (N-methyl/N-ethyl adjacent to an activating group) is 1. The zero-order valence-electron chi connectivity index (χ0n) is 13.9. The first-order valence-electron chi connectivity index (χ1n) is 8.03. The van der Waals surface area contributed by atoms with E-state index in [0.29, 0.717) is 6.54 Å². The zero-order valence-corrected chi connectivity index (χ0v) is 13.9. The van der Waals surface area contributed by atoms with Gasteiger partial charge in [-0.2, -0.15) is 5.10 Å². The summed E-state index contributed by atoms with van der Waals surface area (Å²) >= 11 is 0. The SMILES string of the molecule is C[C@@H](c1ccc(-n2cncn2)cc1)N(C)C[C@@H](O)c1ccccc1. The Morgan fingerprint density at radius 2 is 1.75 bits per heavy atom. The predicted molar refractivity (Wildman–Crippen MR) is 93.8 cm³/mol. The van der Waals surface area contributed by atoms with Gasteiger partial charge in [0.05, 0.1) is 11.8 Å². The predicted octanol–water partition coefficient (Wildman–Crippen LogP) is 2.99. The second kappa shape index (κ2) is 7.38. The van der Waals surface area contributed by atoms with Gasteiger partial charge < -0.3 is 5.11 Å². The third kappa shape index (κ3) is 3.69. The van der Waals surface area contributed by atoms with Crippen LogP contribution in [0.15, 0.2) is 67.3 Å². The van der Waals surface area contributed by atoms with Crippen LogP contribution in [0.5, 0.6) is 0 Å². The molecule has 0 saturated carbocycles. The lowest BCUT2D eigenvalue weighted by Crippen LogP contribution is -2.27. The molecule has 1 heterocycles. The van der Waals surface area contributed by atoms with Crippen molar-refractivity contribution in [3.05, 3.63) is 78.4 Å². The zero-order chi connectivity index (χ0) is 16.9. The number of benzene rings is 2. The van der Waals surface area contributed by atoms with Gasteiger partial charge in [0.25, 0.3) is 0 Å². The van der Waals surface area contributed by atoms with Crippen molar-refractivity contribution in [1.29, 1.82) is 0 Å². The molecule has 0 unspecified atom stereocenters. The van der Waals surface area contributed by atoms with Crippen LogP contribution in [0.4, 0.5) is 0 Å². The maximum absolute atomic E-state index is 10.4. The van der Waals surface area contributed by atoms with Crippen molar-refractivity contribution in [2.75, 3.05) is 13.6 Å². The van der Waals surface area contributed by atoms with Gasteiger partial charge in [0.15, 0.2) is 0 Å². The van der Waals surface area contributed by atoms with E-state index >= 15 is 0 Å². The summed E-state index contributed by atoms with van der Waals surface area (Å²) in [5, 5.41) is 14.5. The molecule has 2 atom stereocenters. The number of rotatable bonds is 6. The van der Waals surface area contributed by atoms with Crippen molar-refractivity contribution in [2.45, 2.75) is 19.1 Å². The monoisotopic (exact) mass is 322 g/mol. The second-order valence-electron chi connectivity index (χ2n) is 5.97. The smallest absolute Gasteiger partial charge is 0.138 e. The second-order valence-corrected chi connectivity index (χ2v) is 5.97. The summed E-state index contributed by atoms with van der Waals surface area (Å²) in [6.07, 6.45) is 2.71. The van der Waals surface area contributed by atoms with E-state index in [1.54, 1.807) is 11.0 Å². The average Bonchev–Trinajstić information content (AvgIpc) is 3.16. The van der Waals surface area contributed by atoms with Crippen LogP contribution in [0.25, 0.3) is 5.69 Å². The van der Waals surface area contributed by atoms with E-state index in [1.807, 2.05) is 49.5 Å². The number of hydrogen-bond acceptors (Lipinski definition) is 4. The molecule has 5 heteroatoms. The summed E-state index contributed by atoms with van der Waals surface area (Å²) in [4.78, 5) is 6.12. The van der Waals surface area contributed by atoms with Gasteiger partial charge in [0.2, 0.25) is 0 Å². The fourth-order valence-electron chi connectivity index (χ4n) is 2.71. The molecule has 0 aliphatic rings. The van der Waals surface area contributed by atoms with Gasteiger partial charge in [0, 0.05) is 12.6 Å². The molecule has 1 aromatic heterocycles. The van der Waals surface area contributed by atoms with E-state index < -0.39 is 6.10 Å². The number of hydrogen-bond donors (Lipinski definition) is 1. The summed E-state index contributed by atoms with van der Waals surface area (Å²) in [5.74, 6) is 0.